The number of hydrogen-bond acceptors (Lipinski definition) is 3. The molecule has 2 atom stereocenters. The van der Waals surface area contributed by atoms with E-state index in [2.05, 4.69) is 5.32 Å². The van der Waals surface area contributed by atoms with Gasteiger partial charge in [-0.05, 0) is 19.1 Å². The highest BCUT2D eigenvalue weighted by Crippen LogP contribution is 2.15. The monoisotopic (exact) mass is 305 g/mol. The highest BCUT2D eigenvalue weighted by Gasteiger charge is 2.21. The van der Waals surface area contributed by atoms with Crippen molar-refractivity contribution in [2.45, 2.75) is 12.2 Å². The fourth-order valence-corrected chi connectivity index (χ4v) is 1.68. The predicted octanol–water partition coefficient (Wildman–Crippen LogP) is 1.16. The molecular weight excluding hydrogens is 292 g/mol. The van der Waals surface area contributed by atoms with Crippen LogP contribution in [0, 0.1) is 11.6 Å². The maximum atomic E-state index is 13.1. The zero-order chi connectivity index (χ0) is 15.4. The van der Waals surface area contributed by atoms with E-state index in [1.165, 1.54) is 6.26 Å². The second-order valence-corrected chi connectivity index (χ2v) is 5.94. The van der Waals surface area contributed by atoms with Crippen LogP contribution in [0.25, 0.3) is 0 Å². The van der Waals surface area contributed by atoms with E-state index in [-0.39, 0.29) is 11.8 Å². The minimum atomic E-state index is -1.54. The van der Waals surface area contributed by atoms with Gasteiger partial charge in [0, 0.05) is 28.9 Å². The summed E-state index contributed by atoms with van der Waals surface area (Å²) in [5.41, 5.74) is -1.11. The standard InChI is InChI=1S/C12H13F2NO4S/c1-6(20(2)19)5-15-11(16)7-3-9(13)10(14)4-8(7)12(17)18/h3-4,6H,5H2,1-2H3,(H,15,16)(H,17,18). The number of aromatic carboxylic acids is 1. The molecule has 0 radical (unpaired) electrons. The van der Waals surface area contributed by atoms with Gasteiger partial charge in [0.15, 0.2) is 11.6 Å². The topological polar surface area (TPSA) is 83.5 Å². The molecule has 0 bridgehead atoms. The molecule has 1 aromatic carbocycles. The van der Waals surface area contributed by atoms with Gasteiger partial charge in [0.1, 0.15) is 0 Å². The van der Waals surface area contributed by atoms with Crippen molar-refractivity contribution in [1.82, 2.24) is 5.32 Å². The third-order valence-electron chi connectivity index (χ3n) is 2.65. The third kappa shape index (κ3) is 3.83. The van der Waals surface area contributed by atoms with Crippen LogP contribution in [0.15, 0.2) is 12.1 Å². The molecule has 2 N–H and O–H groups in total. The lowest BCUT2D eigenvalue weighted by Crippen LogP contribution is -2.33. The van der Waals surface area contributed by atoms with Crippen LogP contribution >= 0.6 is 0 Å². The van der Waals surface area contributed by atoms with Crippen molar-refractivity contribution < 1.29 is 27.7 Å². The zero-order valence-electron chi connectivity index (χ0n) is 10.8. The number of carbonyl (C=O) groups is 2. The van der Waals surface area contributed by atoms with Crippen LogP contribution in [-0.4, -0.2) is 39.2 Å². The van der Waals surface area contributed by atoms with Gasteiger partial charge < -0.3 is 10.4 Å². The minimum Gasteiger partial charge on any atom is -0.478 e. The quantitative estimate of drug-likeness (QED) is 0.855. The summed E-state index contributed by atoms with van der Waals surface area (Å²) >= 11 is 0. The second kappa shape index (κ2) is 6.56. The lowest BCUT2D eigenvalue weighted by Gasteiger charge is -2.11. The molecule has 2 unspecified atom stereocenters. The number of amides is 1. The van der Waals surface area contributed by atoms with Gasteiger partial charge in [-0.2, -0.15) is 0 Å². The second-order valence-electron chi connectivity index (χ2n) is 4.14. The maximum absolute atomic E-state index is 13.1. The molecule has 0 saturated carbocycles. The van der Waals surface area contributed by atoms with Gasteiger partial charge in [0.25, 0.3) is 5.91 Å². The summed E-state index contributed by atoms with van der Waals surface area (Å²) in [7, 11) is -1.17. The van der Waals surface area contributed by atoms with Gasteiger partial charge in [-0.25, -0.2) is 13.6 Å². The molecule has 0 aliphatic carbocycles. The molecule has 8 heteroatoms. The summed E-state index contributed by atoms with van der Waals surface area (Å²) in [6.45, 7) is 1.65. The first-order valence-corrected chi connectivity index (χ1v) is 7.19. The molecule has 0 fully saturated rings. The van der Waals surface area contributed by atoms with Crippen LogP contribution in [0.5, 0.6) is 0 Å². The molecule has 0 aromatic heterocycles. The number of carbonyl (C=O) groups excluding carboxylic acids is 1. The van der Waals surface area contributed by atoms with Gasteiger partial charge in [0.05, 0.1) is 11.1 Å². The number of rotatable bonds is 5. The van der Waals surface area contributed by atoms with E-state index < -0.39 is 45.4 Å². The van der Waals surface area contributed by atoms with E-state index in [0.717, 1.165) is 0 Å². The molecule has 110 valence electrons. The molecule has 20 heavy (non-hydrogen) atoms. The summed E-state index contributed by atoms with van der Waals surface area (Å²) in [5, 5.41) is 10.9. The molecule has 0 aliphatic rings. The van der Waals surface area contributed by atoms with Crippen LogP contribution < -0.4 is 5.32 Å². The number of halogens is 2. The fourth-order valence-electron chi connectivity index (χ4n) is 1.36. The van der Waals surface area contributed by atoms with Gasteiger partial charge in [-0.3, -0.25) is 9.00 Å². The van der Waals surface area contributed by atoms with Crippen molar-refractivity contribution in [3.8, 4) is 0 Å². The fraction of sp³-hybridized carbons (Fsp3) is 0.333. The summed E-state index contributed by atoms with van der Waals surface area (Å²) in [4.78, 5) is 22.7. The number of hydrogen-bond donors (Lipinski definition) is 2. The Morgan fingerprint density at radius 2 is 1.80 bits per heavy atom. The molecule has 5 nitrogen and oxygen atoms in total. The first kappa shape index (κ1) is 16.2. The van der Waals surface area contributed by atoms with Crippen LogP contribution in [-0.2, 0) is 10.8 Å². The molecule has 1 rings (SSSR count). The van der Waals surface area contributed by atoms with E-state index in [0.29, 0.717) is 12.1 Å². The highest BCUT2D eigenvalue weighted by molar-refractivity contribution is 7.84. The Labute approximate surface area is 116 Å². The summed E-state index contributed by atoms with van der Waals surface area (Å²) in [5.74, 6) is -5.06. The van der Waals surface area contributed by atoms with Gasteiger partial charge in [-0.1, -0.05) is 0 Å². The number of carboxylic acids is 1. The lowest BCUT2D eigenvalue weighted by molar-refractivity contribution is 0.0690. The van der Waals surface area contributed by atoms with Crippen molar-refractivity contribution in [2.24, 2.45) is 0 Å². The SMILES string of the molecule is CC(CNC(=O)c1cc(F)c(F)cc1C(=O)O)S(C)=O. The largest absolute Gasteiger partial charge is 0.478 e. The summed E-state index contributed by atoms with van der Waals surface area (Å²) < 4.78 is 37.2. The Kier molecular flexibility index (Phi) is 5.32. The molecule has 1 aromatic rings. The Bertz CT molecular complexity index is 577. The van der Waals surface area contributed by atoms with Crippen LogP contribution in [0.1, 0.15) is 27.6 Å². The smallest absolute Gasteiger partial charge is 0.336 e. The van der Waals surface area contributed by atoms with E-state index in [1.807, 2.05) is 0 Å². The summed E-state index contributed by atoms with van der Waals surface area (Å²) in [6.07, 6.45) is 1.46. The van der Waals surface area contributed by atoms with Crippen molar-refractivity contribution >= 4 is 22.7 Å². The Morgan fingerprint density at radius 1 is 1.30 bits per heavy atom. The van der Waals surface area contributed by atoms with Crippen LogP contribution in [0.2, 0.25) is 0 Å². The first-order chi connectivity index (χ1) is 9.23. The van der Waals surface area contributed by atoms with E-state index in [1.54, 1.807) is 6.92 Å². The average molecular weight is 305 g/mol. The number of benzene rings is 1. The van der Waals surface area contributed by atoms with Crippen molar-refractivity contribution in [1.29, 1.82) is 0 Å². The van der Waals surface area contributed by atoms with E-state index >= 15 is 0 Å². The summed E-state index contributed by atoms with van der Waals surface area (Å²) in [6, 6.07) is 0.982. The molecule has 0 heterocycles. The van der Waals surface area contributed by atoms with Gasteiger partial charge in [-0.15, -0.1) is 0 Å². The number of carboxylic acid groups (broad SMARTS) is 1. The maximum Gasteiger partial charge on any atom is 0.336 e. The van der Waals surface area contributed by atoms with Crippen molar-refractivity contribution in [2.75, 3.05) is 12.8 Å². The van der Waals surface area contributed by atoms with Gasteiger partial charge in [0.2, 0.25) is 0 Å². The first-order valence-electron chi connectivity index (χ1n) is 5.56. The van der Waals surface area contributed by atoms with Crippen LogP contribution in [0.4, 0.5) is 8.78 Å². The molecule has 0 aliphatic heterocycles. The molecule has 0 spiro atoms. The lowest BCUT2D eigenvalue weighted by atomic mass is 10.1. The van der Waals surface area contributed by atoms with Gasteiger partial charge >= 0.3 is 5.97 Å². The van der Waals surface area contributed by atoms with Crippen molar-refractivity contribution in [3.05, 3.63) is 34.9 Å². The normalized spacial score (nSPS) is 13.6. The Hall–Kier alpha value is -1.83. The van der Waals surface area contributed by atoms with Crippen LogP contribution in [0.3, 0.4) is 0 Å². The Balaban J connectivity index is 3.00. The minimum absolute atomic E-state index is 0.0278. The number of nitrogens with one attached hydrogen (secondary N) is 1. The highest BCUT2D eigenvalue weighted by atomic mass is 32.2. The molecule has 0 saturated heterocycles. The predicted molar refractivity (Wildman–Crippen MR) is 69.2 cm³/mol. The zero-order valence-corrected chi connectivity index (χ0v) is 11.6. The third-order valence-corrected chi connectivity index (χ3v) is 3.95. The van der Waals surface area contributed by atoms with Crippen molar-refractivity contribution in [3.63, 3.8) is 0 Å². The van der Waals surface area contributed by atoms with E-state index in [9.17, 15) is 22.6 Å². The average Bonchev–Trinajstić information content (AvgIpc) is 2.37. The molecule has 1 amide bonds. The molecular formula is C12H13F2NO4S. The Morgan fingerprint density at radius 3 is 2.25 bits per heavy atom. The van der Waals surface area contributed by atoms with E-state index in [4.69, 9.17) is 5.11 Å².